The first-order chi connectivity index (χ1) is 15.8. The van der Waals surface area contributed by atoms with Gasteiger partial charge in [-0.25, -0.2) is 39.9 Å². The van der Waals surface area contributed by atoms with Gasteiger partial charge < -0.3 is 0 Å². The number of benzene rings is 1. The Morgan fingerprint density at radius 1 is 0.500 bits per heavy atom. The number of nitrogens with zero attached hydrogens (tertiary/aromatic N) is 8. The SMILES string of the molecule is Clc1c(Br)c(-c2ccncn2)c(-c2ccncn2)c(-c2ccncn2)c1-c1ccncn1. The second-order valence-electron chi connectivity index (χ2n) is 6.51. The molecule has 0 spiro atoms. The molecule has 8 nitrogen and oxygen atoms in total. The van der Waals surface area contributed by atoms with Gasteiger partial charge in [0.2, 0.25) is 0 Å². The summed E-state index contributed by atoms with van der Waals surface area (Å²) in [6.07, 6.45) is 12.7. The van der Waals surface area contributed by atoms with Gasteiger partial charge in [-0.05, 0) is 40.2 Å². The molecule has 0 unspecified atom stereocenters. The molecular formula is C22H12BrClN8. The standard InChI is InChI=1S/C22H12BrClN8/c23-21-19(15-3-7-27-11-31-15)17(13-1-5-25-9-29-13)18(14-2-6-26-10-30-14)20(22(21)24)16-4-8-28-12-32-16/h1-12H. The summed E-state index contributed by atoms with van der Waals surface area (Å²) in [5, 5.41) is 0.462. The second-order valence-corrected chi connectivity index (χ2v) is 7.68. The van der Waals surface area contributed by atoms with Crippen molar-refractivity contribution in [3.63, 3.8) is 0 Å². The molecule has 0 radical (unpaired) electrons. The molecule has 1 aromatic carbocycles. The Morgan fingerprint density at radius 2 is 0.844 bits per heavy atom. The number of rotatable bonds is 4. The third kappa shape index (κ3) is 3.61. The molecule has 4 aromatic heterocycles. The van der Waals surface area contributed by atoms with E-state index in [1.165, 1.54) is 25.3 Å². The molecule has 0 bridgehead atoms. The fraction of sp³-hybridized carbons (Fsp3) is 0. The van der Waals surface area contributed by atoms with E-state index in [-0.39, 0.29) is 0 Å². The summed E-state index contributed by atoms with van der Waals surface area (Å²) in [5.74, 6) is 0. The quantitative estimate of drug-likeness (QED) is 0.340. The molecule has 0 aliphatic carbocycles. The molecule has 0 fully saturated rings. The van der Waals surface area contributed by atoms with Gasteiger partial charge >= 0.3 is 0 Å². The molecule has 0 saturated carbocycles. The summed E-state index contributed by atoms with van der Waals surface area (Å²) < 4.78 is 0.651. The van der Waals surface area contributed by atoms with Crippen LogP contribution in [0.2, 0.25) is 5.02 Å². The predicted octanol–water partition coefficient (Wildman–Crippen LogP) is 4.93. The predicted molar refractivity (Wildman–Crippen MR) is 123 cm³/mol. The van der Waals surface area contributed by atoms with Crippen molar-refractivity contribution >= 4 is 27.5 Å². The highest BCUT2D eigenvalue weighted by Crippen LogP contribution is 2.51. The van der Waals surface area contributed by atoms with Gasteiger partial charge in [-0.1, -0.05) is 11.6 Å². The van der Waals surface area contributed by atoms with E-state index >= 15 is 0 Å². The van der Waals surface area contributed by atoms with Gasteiger partial charge in [-0.2, -0.15) is 0 Å². The van der Waals surface area contributed by atoms with Crippen LogP contribution < -0.4 is 0 Å². The fourth-order valence-corrected chi connectivity index (χ4v) is 4.32. The Kier molecular flexibility index (Phi) is 5.57. The van der Waals surface area contributed by atoms with Crippen LogP contribution in [0, 0.1) is 0 Å². The summed E-state index contributed by atoms with van der Waals surface area (Å²) >= 11 is 10.7. The lowest BCUT2D eigenvalue weighted by atomic mass is 9.88. The molecule has 0 aliphatic heterocycles. The zero-order valence-corrected chi connectivity index (χ0v) is 18.6. The van der Waals surface area contributed by atoms with Crippen LogP contribution in [-0.4, -0.2) is 39.9 Å². The van der Waals surface area contributed by atoms with Crippen molar-refractivity contribution in [2.75, 3.05) is 0 Å². The minimum Gasteiger partial charge on any atom is -0.245 e. The Morgan fingerprint density at radius 3 is 1.22 bits per heavy atom. The lowest BCUT2D eigenvalue weighted by Gasteiger charge is -2.21. The first-order valence-electron chi connectivity index (χ1n) is 9.36. The molecule has 0 amide bonds. The molecule has 32 heavy (non-hydrogen) atoms. The van der Waals surface area contributed by atoms with Crippen molar-refractivity contribution in [1.29, 1.82) is 0 Å². The number of hydrogen-bond donors (Lipinski definition) is 0. The van der Waals surface area contributed by atoms with E-state index in [2.05, 4.69) is 55.8 Å². The second kappa shape index (κ2) is 8.81. The summed E-state index contributed by atoms with van der Waals surface area (Å²) in [6.45, 7) is 0. The lowest BCUT2D eigenvalue weighted by molar-refractivity contribution is 1.14. The third-order valence-electron chi connectivity index (χ3n) is 4.73. The van der Waals surface area contributed by atoms with Crippen LogP contribution in [0.4, 0.5) is 0 Å². The maximum Gasteiger partial charge on any atom is 0.116 e. The minimum atomic E-state index is 0.462. The molecule has 10 heteroatoms. The van der Waals surface area contributed by atoms with Crippen molar-refractivity contribution < 1.29 is 0 Å². The van der Waals surface area contributed by atoms with E-state index < -0.39 is 0 Å². The Hall–Kier alpha value is -3.69. The topological polar surface area (TPSA) is 103 Å². The van der Waals surface area contributed by atoms with E-state index in [9.17, 15) is 0 Å². The monoisotopic (exact) mass is 502 g/mol. The van der Waals surface area contributed by atoms with Crippen LogP contribution in [0.5, 0.6) is 0 Å². The highest BCUT2D eigenvalue weighted by atomic mass is 79.9. The van der Waals surface area contributed by atoms with Gasteiger partial charge in [-0.3, -0.25) is 0 Å². The molecule has 0 aliphatic rings. The summed E-state index contributed by atoms with van der Waals surface area (Å²) in [5.41, 5.74) is 5.60. The smallest absolute Gasteiger partial charge is 0.116 e. The number of hydrogen-bond acceptors (Lipinski definition) is 8. The molecule has 4 heterocycles. The van der Waals surface area contributed by atoms with Crippen molar-refractivity contribution in [2.45, 2.75) is 0 Å². The van der Waals surface area contributed by atoms with E-state index in [0.29, 0.717) is 37.8 Å². The number of aromatic nitrogens is 8. The van der Waals surface area contributed by atoms with Gasteiger partial charge in [0.1, 0.15) is 25.3 Å². The first kappa shape index (κ1) is 20.2. The van der Waals surface area contributed by atoms with Crippen LogP contribution in [0.15, 0.2) is 78.8 Å². The van der Waals surface area contributed by atoms with Crippen LogP contribution in [0.25, 0.3) is 45.0 Å². The largest absolute Gasteiger partial charge is 0.245 e. The van der Waals surface area contributed by atoms with Gasteiger partial charge in [0.05, 0.1) is 27.8 Å². The Labute approximate surface area is 196 Å². The van der Waals surface area contributed by atoms with E-state index in [0.717, 1.165) is 16.7 Å². The lowest BCUT2D eigenvalue weighted by Crippen LogP contribution is -2.01. The molecule has 5 rings (SSSR count). The van der Waals surface area contributed by atoms with E-state index in [4.69, 9.17) is 11.6 Å². The minimum absolute atomic E-state index is 0.462. The summed E-state index contributed by atoms with van der Waals surface area (Å²) in [4.78, 5) is 34.2. The normalized spacial score (nSPS) is 10.8. The zero-order chi connectivity index (χ0) is 21.9. The van der Waals surface area contributed by atoms with Crippen LogP contribution in [0.1, 0.15) is 0 Å². The Balaban J connectivity index is 2.00. The molecule has 5 aromatic rings. The highest BCUT2D eigenvalue weighted by Gasteiger charge is 2.28. The molecule has 0 atom stereocenters. The van der Waals surface area contributed by atoms with E-state index in [1.807, 2.05) is 18.2 Å². The maximum absolute atomic E-state index is 6.97. The average Bonchev–Trinajstić information content (AvgIpc) is 2.87. The maximum atomic E-state index is 6.97. The van der Waals surface area contributed by atoms with Gasteiger partial charge in [-0.15, -0.1) is 0 Å². The fourth-order valence-electron chi connectivity index (χ4n) is 3.44. The molecule has 0 N–H and O–H groups in total. The zero-order valence-electron chi connectivity index (χ0n) is 16.3. The first-order valence-corrected chi connectivity index (χ1v) is 10.5. The Bertz CT molecular complexity index is 1260. The van der Waals surface area contributed by atoms with Gasteiger partial charge in [0.25, 0.3) is 0 Å². The van der Waals surface area contributed by atoms with Crippen LogP contribution >= 0.6 is 27.5 Å². The van der Waals surface area contributed by atoms with Crippen LogP contribution in [0.3, 0.4) is 0 Å². The summed E-state index contributed by atoms with van der Waals surface area (Å²) in [7, 11) is 0. The highest BCUT2D eigenvalue weighted by molar-refractivity contribution is 9.10. The average molecular weight is 504 g/mol. The van der Waals surface area contributed by atoms with Gasteiger partial charge in [0, 0.05) is 51.5 Å². The van der Waals surface area contributed by atoms with Gasteiger partial charge in [0.15, 0.2) is 0 Å². The number of halogens is 2. The molecule has 0 saturated heterocycles. The van der Waals surface area contributed by atoms with Crippen molar-refractivity contribution in [3.05, 3.63) is 83.9 Å². The molecular weight excluding hydrogens is 492 g/mol. The van der Waals surface area contributed by atoms with Crippen LogP contribution in [-0.2, 0) is 0 Å². The third-order valence-corrected chi connectivity index (χ3v) is 6.13. The van der Waals surface area contributed by atoms with Crippen molar-refractivity contribution in [3.8, 4) is 45.0 Å². The van der Waals surface area contributed by atoms with E-state index in [1.54, 1.807) is 30.9 Å². The summed E-state index contributed by atoms with van der Waals surface area (Å²) in [6, 6.07) is 7.26. The van der Waals surface area contributed by atoms with Crippen molar-refractivity contribution in [2.24, 2.45) is 0 Å². The van der Waals surface area contributed by atoms with Crippen molar-refractivity contribution in [1.82, 2.24) is 39.9 Å². The molecule has 154 valence electrons.